The molecule has 116 valence electrons. The molecular weight excluding hydrogens is 282 g/mol. The van der Waals surface area contributed by atoms with E-state index >= 15 is 0 Å². The van der Waals surface area contributed by atoms with Crippen LogP contribution in [0.5, 0.6) is 5.75 Å². The van der Waals surface area contributed by atoms with Crippen LogP contribution in [-0.4, -0.2) is 24.1 Å². The van der Waals surface area contributed by atoms with E-state index in [-0.39, 0.29) is 6.42 Å². The van der Waals surface area contributed by atoms with E-state index in [1.54, 1.807) is 24.3 Å². The van der Waals surface area contributed by atoms with Gasteiger partial charge in [0.2, 0.25) is 0 Å². The predicted molar refractivity (Wildman–Crippen MR) is 83.9 cm³/mol. The zero-order valence-corrected chi connectivity index (χ0v) is 12.4. The van der Waals surface area contributed by atoms with Gasteiger partial charge in [-0.3, -0.25) is 9.59 Å². The number of amides is 1. The molecule has 0 aliphatic carbocycles. The maximum absolute atomic E-state index is 10.7. The van der Waals surface area contributed by atoms with Gasteiger partial charge in [0.15, 0.2) is 0 Å². The number of hydrogen-bond acceptors (Lipinski definition) is 3. The number of carbonyl (C=O) groups is 2. The van der Waals surface area contributed by atoms with Crippen LogP contribution in [0, 0.1) is 0 Å². The molecule has 0 radical (unpaired) electrons. The number of para-hydroxylation sites is 1. The lowest BCUT2D eigenvalue weighted by molar-refractivity contribution is -0.136. The van der Waals surface area contributed by atoms with E-state index in [1.807, 2.05) is 30.3 Å². The summed E-state index contributed by atoms with van der Waals surface area (Å²) in [6, 6.07) is 16.5. The molecule has 2 aromatic carbocycles. The molecule has 22 heavy (non-hydrogen) atoms. The van der Waals surface area contributed by atoms with E-state index in [0.29, 0.717) is 17.7 Å². The third-order valence-electron chi connectivity index (χ3n) is 2.84. The van der Waals surface area contributed by atoms with Crippen LogP contribution in [0.4, 0.5) is 0 Å². The molecule has 0 aromatic heterocycles. The first kappa shape index (κ1) is 17.2. The number of benzene rings is 2. The molecular formula is C17H19NO4. The largest absolute Gasteiger partial charge is 0.496 e. The number of aryl methyl sites for hydroxylation is 1. The normalized spacial score (nSPS) is 9.32. The second-order valence-electron chi connectivity index (χ2n) is 4.44. The quantitative estimate of drug-likeness (QED) is 0.888. The summed E-state index contributed by atoms with van der Waals surface area (Å²) in [5.41, 5.74) is 6.56. The Hall–Kier alpha value is -2.82. The number of methoxy groups -OCH3 is 1. The first-order chi connectivity index (χ1) is 10.5. The molecule has 2 aromatic rings. The molecule has 1 amide bonds. The van der Waals surface area contributed by atoms with Crippen molar-refractivity contribution in [3.8, 4) is 5.75 Å². The van der Waals surface area contributed by atoms with E-state index < -0.39 is 11.9 Å². The average Bonchev–Trinajstić information content (AvgIpc) is 2.54. The summed E-state index contributed by atoms with van der Waals surface area (Å²) in [5, 5.41) is 8.37. The first-order valence-electron chi connectivity index (χ1n) is 6.73. The fourth-order valence-corrected chi connectivity index (χ4v) is 1.74. The summed E-state index contributed by atoms with van der Waals surface area (Å²) in [4.78, 5) is 20.9. The van der Waals surface area contributed by atoms with Gasteiger partial charge in [-0.2, -0.15) is 0 Å². The van der Waals surface area contributed by atoms with E-state index in [4.69, 9.17) is 15.6 Å². The van der Waals surface area contributed by atoms with Gasteiger partial charge in [-0.25, -0.2) is 0 Å². The highest BCUT2D eigenvalue weighted by Crippen LogP contribution is 2.15. The minimum absolute atomic E-state index is 0.212. The Morgan fingerprint density at radius 3 is 2.14 bits per heavy atom. The topological polar surface area (TPSA) is 89.6 Å². The molecule has 0 heterocycles. The monoisotopic (exact) mass is 301 g/mol. The van der Waals surface area contributed by atoms with Crippen LogP contribution in [0.2, 0.25) is 0 Å². The van der Waals surface area contributed by atoms with Crippen LogP contribution in [0.25, 0.3) is 0 Å². The Morgan fingerprint density at radius 2 is 1.64 bits per heavy atom. The third kappa shape index (κ3) is 6.09. The Balaban J connectivity index is 0.000000220. The lowest BCUT2D eigenvalue weighted by atomic mass is 10.1. The molecule has 5 heteroatoms. The first-order valence-corrected chi connectivity index (χ1v) is 6.73. The lowest BCUT2D eigenvalue weighted by Crippen LogP contribution is -2.11. The number of rotatable bonds is 5. The van der Waals surface area contributed by atoms with Crippen molar-refractivity contribution in [1.29, 1.82) is 0 Å². The Labute approximate surface area is 129 Å². The summed E-state index contributed by atoms with van der Waals surface area (Å²) < 4.78 is 4.91. The van der Waals surface area contributed by atoms with Crippen LogP contribution >= 0.6 is 0 Å². The van der Waals surface area contributed by atoms with E-state index in [0.717, 1.165) is 5.56 Å². The minimum Gasteiger partial charge on any atom is -0.496 e. The maximum atomic E-state index is 10.7. The fourth-order valence-electron chi connectivity index (χ4n) is 1.74. The number of nitrogens with two attached hydrogens (primary N) is 1. The highest BCUT2D eigenvalue weighted by atomic mass is 16.5. The number of hydrogen-bond donors (Lipinski definition) is 2. The molecule has 0 aliphatic heterocycles. The van der Waals surface area contributed by atoms with Crippen molar-refractivity contribution < 1.29 is 19.4 Å². The fraction of sp³-hybridized carbons (Fsp3) is 0.176. The summed E-state index contributed by atoms with van der Waals surface area (Å²) in [6.07, 6.45) is 0.834. The third-order valence-corrected chi connectivity index (χ3v) is 2.84. The van der Waals surface area contributed by atoms with Crippen LogP contribution in [0.15, 0.2) is 54.6 Å². The summed E-state index contributed by atoms with van der Waals surface area (Å²) in [6.45, 7) is 0. The van der Waals surface area contributed by atoms with Crippen LogP contribution in [-0.2, 0) is 11.2 Å². The van der Waals surface area contributed by atoms with Crippen LogP contribution < -0.4 is 10.5 Å². The van der Waals surface area contributed by atoms with Crippen LogP contribution in [0.3, 0.4) is 0 Å². The molecule has 2 rings (SSSR count). The molecule has 5 nitrogen and oxygen atoms in total. The number of ether oxygens (including phenoxy) is 1. The summed E-state index contributed by atoms with van der Waals surface area (Å²) in [7, 11) is 1.50. The zero-order valence-electron chi connectivity index (χ0n) is 12.4. The number of carbonyl (C=O) groups excluding carboxylic acids is 1. The van der Waals surface area contributed by atoms with Gasteiger partial charge in [0.1, 0.15) is 5.75 Å². The Morgan fingerprint density at radius 1 is 1.05 bits per heavy atom. The molecule has 0 spiro atoms. The molecule has 0 aliphatic rings. The summed E-state index contributed by atoms with van der Waals surface area (Å²) in [5.74, 6) is -0.698. The van der Waals surface area contributed by atoms with Crippen molar-refractivity contribution >= 4 is 11.9 Å². The van der Waals surface area contributed by atoms with Crippen molar-refractivity contribution in [3.63, 3.8) is 0 Å². The number of aliphatic carboxylic acids is 1. The van der Waals surface area contributed by atoms with Crippen molar-refractivity contribution in [2.45, 2.75) is 12.8 Å². The van der Waals surface area contributed by atoms with Crippen molar-refractivity contribution in [3.05, 3.63) is 65.7 Å². The number of carboxylic acid groups (broad SMARTS) is 1. The molecule has 0 saturated carbocycles. The second kappa shape index (κ2) is 9.18. The number of carboxylic acids is 1. The second-order valence-corrected chi connectivity index (χ2v) is 4.44. The van der Waals surface area contributed by atoms with Gasteiger partial charge in [0, 0.05) is 6.42 Å². The van der Waals surface area contributed by atoms with E-state index in [9.17, 15) is 9.59 Å². The van der Waals surface area contributed by atoms with E-state index in [1.165, 1.54) is 7.11 Å². The SMILES string of the molecule is COc1ccccc1C(N)=O.O=C(O)CCc1ccccc1. The van der Waals surface area contributed by atoms with Crippen molar-refractivity contribution in [2.24, 2.45) is 5.73 Å². The van der Waals surface area contributed by atoms with E-state index in [2.05, 4.69) is 0 Å². The highest BCUT2D eigenvalue weighted by Gasteiger charge is 2.05. The lowest BCUT2D eigenvalue weighted by Gasteiger charge is -2.02. The predicted octanol–water partition coefficient (Wildman–Crippen LogP) is 2.50. The highest BCUT2D eigenvalue weighted by molar-refractivity contribution is 5.95. The van der Waals surface area contributed by atoms with Gasteiger partial charge in [-0.1, -0.05) is 42.5 Å². The molecule has 0 saturated heterocycles. The van der Waals surface area contributed by atoms with Gasteiger partial charge >= 0.3 is 5.97 Å². The Bertz CT molecular complexity index is 611. The van der Waals surface area contributed by atoms with Gasteiger partial charge in [0.05, 0.1) is 12.7 Å². The maximum Gasteiger partial charge on any atom is 0.303 e. The van der Waals surface area contributed by atoms with Crippen molar-refractivity contribution in [1.82, 2.24) is 0 Å². The van der Waals surface area contributed by atoms with Gasteiger partial charge in [-0.05, 0) is 24.1 Å². The Kier molecular flexibility index (Phi) is 7.19. The van der Waals surface area contributed by atoms with Gasteiger partial charge < -0.3 is 15.6 Å². The molecule has 0 unspecified atom stereocenters. The van der Waals surface area contributed by atoms with Crippen LogP contribution in [0.1, 0.15) is 22.3 Å². The number of primary amides is 1. The standard InChI is InChI=1S/C9H10O2.C8H9NO2/c10-9(11)7-6-8-4-2-1-3-5-8;1-11-7-5-3-2-4-6(7)8(9)10/h1-5H,6-7H2,(H,10,11);2-5H,1H3,(H2,9,10). The smallest absolute Gasteiger partial charge is 0.303 e. The van der Waals surface area contributed by atoms with Gasteiger partial charge in [0.25, 0.3) is 5.91 Å². The molecule has 0 fully saturated rings. The zero-order chi connectivity index (χ0) is 16.4. The van der Waals surface area contributed by atoms with Gasteiger partial charge in [-0.15, -0.1) is 0 Å². The molecule has 3 N–H and O–H groups in total. The molecule has 0 bridgehead atoms. The minimum atomic E-state index is -0.742. The molecule has 0 atom stereocenters. The van der Waals surface area contributed by atoms with Crippen molar-refractivity contribution in [2.75, 3.05) is 7.11 Å². The average molecular weight is 301 g/mol. The summed E-state index contributed by atoms with van der Waals surface area (Å²) >= 11 is 0.